The van der Waals surface area contributed by atoms with Gasteiger partial charge >= 0.3 is 0 Å². The van der Waals surface area contributed by atoms with E-state index < -0.39 is 0 Å². The third-order valence-electron chi connectivity index (χ3n) is 3.99. The van der Waals surface area contributed by atoms with Crippen LogP contribution in [0.25, 0.3) is 11.4 Å². The van der Waals surface area contributed by atoms with Gasteiger partial charge < -0.3 is 14.7 Å². The van der Waals surface area contributed by atoms with Crippen LogP contribution in [0.3, 0.4) is 0 Å². The third-order valence-corrected chi connectivity index (χ3v) is 3.99. The maximum atomic E-state index is 11.5. The lowest BCUT2D eigenvalue weighted by Crippen LogP contribution is -2.27. The molecule has 7 heteroatoms. The highest BCUT2D eigenvalue weighted by Crippen LogP contribution is 2.24. The van der Waals surface area contributed by atoms with Crippen molar-refractivity contribution in [3.8, 4) is 11.4 Å². The number of nitrogens with one attached hydrogen (secondary N) is 1. The Kier molecular flexibility index (Phi) is 4.55. The highest BCUT2D eigenvalue weighted by atomic mass is 16.5. The lowest BCUT2D eigenvalue weighted by Gasteiger charge is -2.15. The highest BCUT2D eigenvalue weighted by Gasteiger charge is 2.19. The van der Waals surface area contributed by atoms with Crippen LogP contribution in [0.2, 0.25) is 0 Å². The fourth-order valence-corrected chi connectivity index (χ4v) is 2.81. The average Bonchev–Trinajstić information content (AvgIpc) is 3.10. The van der Waals surface area contributed by atoms with Crippen molar-refractivity contribution < 1.29 is 9.32 Å². The van der Waals surface area contributed by atoms with Gasteiger partial charge in [0.2, 0.25) is 5.91 Å². The Morgan fingerprint density at radius 1 is 1.39 bits per heavy atom. The van der Waals surface area contributed by atoms with Crippen LogP contribution in [0.1, 0.15) is 30.7 Å². The number of hydrogen-bond donors (Lipinski definition) is 1. The van der Waals surface area contributed by atoms with E-state index in [1.54, 1.807) is 6.20 Å². The molecule has 122 valence electrons. The number of rotatable bonds is 6. The summed E-state index contributed by atoms with van der Waals surface area (Å²) in [6, 6.07) is 1.84. The van der Waals surface area contributed by atoms with Crippen molar-refractivity contribution in [2.75, 3.05) is 25.0 Å². The summed E-state index contributed by atoms with van der Waals surface area (Å²) < 4.78 is 5.17. The largest absolute Gasteiger partial charge is 0.370 e. The summed E-state index contributed by atoms with van der Waals surface area (Å²) in [5, 5.41) is 7.22. The molecule has 0 spiro atoms. The average molecular weight is 315 g/mol. The SMILES string of the molecule is Cc1noc(C)c1-c1nccc(NCCCN2CCCC2=O)n1. The number of amides is 1. The Morgan fingerprint density at radius 2 is 2.26 bits per heavy atom. The summed E-state index contributed by atoms with van der Waals surface area (Å²) in [5.41, 5.74) is 1.63. The van der Waals surface area contributed by atoms with Crippen molar-refractivity contribution in [2.24, 2.45) is 0 Å². The molecule has 1 aliphatic heterocycles. The molecule has 1 fully saturated rings. The van der Waals surface area contributed by atoms with Gasteiger partial charge in [0.1, 0.15) is 11.6 Å². The van der Waals surface area contributed by atoms with Gasteiger partial charge in [0, 0.05) is 32.3 Å². The van der Waals surface area contributed by atoms with Crippen molar-refractivity contribution in [2.45, 2.75) is 33.1 Å². The van der Waals surface area contributed by atoms with Gasteiger partial charge in [0.15, 0.2) is 5.82 Å². The molecule has 1 amide bonds. The Balaban J connectivity index is 1.57. The first kappa shape index (κ1) is 15.5. The van der Waals surface area contributed by atoms with E-state index in [0.29, 0.717) is 18.0 Å². The van der Waals surface area contributed by atoms with Gasteiger partial charge in [0.25, 0.3) is 0 Å². The van der Waals surface area contributed by atoms with Gasteiger partial charge in [-0.15, -0.1) is 0 Å². The maximum Gasteiger partial charge on any atom is 0.222 e. The van der Waals surface area contributed by atoms with Gasteiger partial charge in [-0.25, -0.2) is 9.97 Å². The van der Waals surface area contributed by atoms with Gasteiger partial charge in [-0.3, -0.25) is 4.79 Å². The first-order valence-electron chi connectivity index (χ1n) is 7.93. The molecule has 23 heavy (non-hydrogen) atoms. The van der Waals surface area contributed by atoms with Crippen LogP contribution in [0.5, 0.6) is 0 Å². The van der Waals surface area contributed by atoms with Crippen molar-refractivity contribution in [1.82, 2.24) is 20.0 Å². The Morgan fingerprint density at radius 3 is 2.96 bits per heavy atom. The molecule has 0 unspecified atom stereocenters. The summed E-state index contributed by atoms with van der Waals surface area (Å²) in [6.07, 6.45) is 4.30. The smallest absolute Gasteiger partial charge is 0.222 e. The molecule has 0 aromatic carbocycles. The standard InChI is InChI=1S/C16H21N5O2/c1-11-15(12(2)23-20-11)16-18-8-6-13(19-16)17-7-4-10-21-9-3-5-14(21)22/h6,8H,3-5,7,9-10H2,1-2H3,(H,17,18,19). The van der Waals surface area contributed by atoms with Crippen LogP contribution in [-0.4, -0.2) is 45.6 Å². The predicted molar refractivity (Wildman–Crippen MR) is 85.9 cm³/mol. The lowest BCUT2D eigenvalue weighted by atomic mass is 10.2. The first-order valence-corrected chi connectivity index (χ1v) is 7.93. The molecule has 7 nitrogen and oxygen atoms in total. The molecule has 0 radical (unpaired) electrons. The van der Waals surface area contributed by atoms with Crippen LogP contribution >= 0.6 is 0 Å². The zero-order valence-corrected chi connectivity index (χ0v) is 13.5. The summed E-state index contributed by atoms with van der Waals surface area (Å²) >= 11 is 0. The van der Waals surface area contributed by atoms with Gasteiger partial charge in [-0.1, -0.05) is 5.16 Å². The zero-order chi connectivity index (χ0) is 16.2. The number of anilines is 1. The Bertz CT molecular complexity index is 678. The van der Waals surface area contributed by atoms with E-state index in [1.807, 2.05) is 24.8 Å². The second kappa shape index (κ2) is 6.76. The third kappa shape index (κ3) is 3.49. The van der Waals surface area contributed by atoms with Crippen molar-refractivity contribution >= 4 is 11.7 Å². The number of nitrogens with zero attached hydrogens (tertiary/aromatic N) is 4. The number of aryl methyl sites for hydroxylation is 2. The van der Waals surface area contributed by atoms with Crippen LogP contribution in [0.4, 0.5) is 5.82 Å². The molecule has 1 saturated heterocycles. The Hall–Kier alpha value is -2.44. The second-order valence-corrected chi connectivity index (χ2v) is 5.73. The summed E-state index contributed by atoms with van der Waals surface area (Å²) in [5.74, 6) is 2.36. The van der Waals surface area contributed by atoms with Crippen LogP contribution in [0.15, 0.2) is 16.8 Å². The minimum Gasteiger partial charge on any atom is -0.370 e. The fraction of sp³-hybridized carbons (Fsp3) is 0.500. The second-order valence-electron chi connectivity index (χ2n) is 5.73. The minimum atomic E-state index is 0.271. The van der Waals surface area contributed by atoms with E-state index in [1.165, 1.54) is 0 Å². The number of aromatic nitrogens is 3. The molecule has 0 aliphatic carbocycles. The summed E-state index contributed by atoms with van der Waals surface area (Å²) in [4.78, 5) is 22.3. The van der Waals surface area contributed by atoms with Crippen LogP contribution in [0, 0.1) is 13.8 Å². The monoisotopic (exact) mass is 315 g/mol. The number of hydrogen-bond acceptors (Lipinski definition) is 6. The molecular formula is C16H21N5O2. The number of carbonyl (C=O) groups excluding carboxylic acids is 1. The van der Waals surface area contributed by atoms with E-state index >= 15 is 0 Å². The van der Waals surface area contributed by atoms with Crippen LogP contribution in [-0.2, 0) is 4.79 Å². The van der Waals surface area contributed by atoms with E-state index in [0.717, 1.165) is 49.6 Å². The van der Waals surface area contributed by atoms with Gasteiger partial charge in [-0.2, -0.15) is 0 Å². The predicted octanol–water partition coefficient (Wildman–Crippen LogP) is 2.17. The van der Waals surface area contributed by atoms with E-state index in [2.05, 4.69) is 20.4 Å². The number of carbonyl (C=O) groups is 1. The molecule has 3 rings (SSSR count). The normalized spacial score (nSPS) is 14.5. The molecule has 2 aromatic rings. The topological polar surface area (TPSA) is 84.2 Å². The quantitative estimate of drug-likeness (QED) is 0.823. The van der Waals surface area contributed by atoms with E-state index in [4.69, 9.17) is 4.52 Å². The molecule has 1 N–H and O–H groups in total. The molecule has 2 aromatic heterocycles. The van der Waals surface area contributed by atoms with Gasteiger partial charge in [0.05, 0.1) is 11.3 Å². The summed E-state index contributed by atoms with van der Waals surface area (Å²) in [7, 11) is 0. The van der Waals surface area contributed by atoms with E-state index in [9.17, 15) is 4.79 Å². The lowest BCUT2D eigenvalue weighted by molar-refractivity contribution is -0.127. The molecule has 0 bridgehead atoms. The van der Waals surface area contributed by atoms with E-state index in [-0.39, 0.29) is 5.91 Å². The molecule has 0 saturated carbocycles. The van der Waals surface area contributed by atoms with Crippen molar-refractivity contribution in [3.05, 3.63) is 23.7 Å². The Labute approximate surface area is 135 Å². The molecular weight excluding hydrogens is 294 g/mol. The minimum absolute atomic E-state index is 0.271. The highest BCUT2D eigenvalue weighted by molar-refractivity contribution is 5.78. The zero-order valence-electron chi connectivity index (χ0n) is 13.5. The fourth-order valence-electron chi connectivity index (χ4n) is 2.81. The van der Waals surface area contributed by atoms with Crippen LogP contribution < -0.4 is 5.32 Å². The molecule has 0 atom stereocenters. The molecule has 3 heterocycles. The van der Waals surface area contributed by atoms with Crippen molar-refractivity contribution in [1.29, 1.82) is 0 Å². The van der Waals surface area contributed by atoms with Crippen molar-refractivity contribution in [3.63, 3.8) is 0 Å². The molecule has 1 aliphatic rings. The maximum absolute atomic E-state index is 11.5. The first-order chi connectivity index (χ1) is 11.1. The number of likely N-dealkylation sites (tertiary alicyclic amines) is 1. The summed E-state index contributed by atoms with van der Waals surface area (Å²) in [6.45, 7) is 6.19. The van der Waals surface area contributed by atoms with Gasteiger partial charge in [-0.05, 0) is 32.8 Å².